The molecule has 0 atom stereocenters. The quantitative estimate of drug-likeness (QED) is 0.586. The third-order valence-corrected chi connectivity index (χ3v) is 5.14. The lowest BCUT2D eigenvalue weighted by Gasteiger charge is -2.20. The maximum absolute atomic E-state index is 5.78. The molecule has 1 aliphatic rings. The van der Waals surface area contributed by atoms with Gasteiger partial charge in [0.1, 0.15) is 0 Å². The highest BCUT2D eigenvalue weighted by Crippen LogP contribution is 2.38. The van der Waals surface area contributed by atoms with Crippen LogP contribution in [0.15, 0.2) is 54.9 Å². The molecule has 3 aromatic rings. The Balaban J connectivity index is 1.63. The molecule has 0 amide bonds. The third kappa shape index (κ3) is 3.61. The number of hydrogen-bond acceptors (Lipinski definition) is 4. The lowest BCUT2D eigenvalue weighted by Crippen LogP contribution is -2.26. The predicted octanol–water partition coefficient (Wildman–Crippen LogP) is 4.29. The standard InChI is InChI=1S/C20H23N5S/c1-2-23(14-16-7-4-3-5-8-16)15-24-20(26)25(18-10-11-18)19(22-24)17-9-6-12-21-13-17/h3-9,12-13,18H,2,10-11,14-15H2,1H3. The van der Waals surface area contributed by atoms with Crippen molar-refractivity contribution in [1.82, 2.24) is 24.2 Å². The molecule has 0 aliphatic heterocycles. The zero-order valence-electron chi connectivity index (χ0n) is 15.0. The Bertz CT molecular complexity index is 912. The van der Waals surface area contributed by atoms with E-state index in [2.05, 4.69) is 51.7 Å². The molecule has 1 aliphatic carbocycles. The Morgan fingerprint density at radius 1 is 1.15 bits per heavy atom. The molecule has 0 radical (unpaired) electrons. The largest absolute Gasteiger partial charge is 0.297 e. The van der Waals surface area contributed by atoms with E-state index in [0.29, 0.717) is 12.7 Å². The van der Waals surface area contributed by atoms with E-state index in [-0.39, 0.29) is 0 Å². The van der Waals surface area contributed by atoms with Crippen molar-refractivity contribution < 1.29 is 0 Å². The molecule has 4 rings (SSSR count). The minimum Gasteiger partial charge on any atom is -0.297 e. The van der Waals surface area contributed by atoms with Gasteiger partial charge in [0.25, 0.3) is 0 Å². The highest BCUT2D eigenvalue weighted by Gasteiger charge is 2.29. The van der Waals surface area contributed by atoms with Gasteiger partial charge >= 0.3 is 0 Å². The van der Waals surface area contributed by atoms with Crippen LogP contribution in [0.1, 0.15) is 31.4 Å². The van der Waals surface area contributed by atoms with Crippen molar-refractivity contribution >= 4 is 12.2 Å². The molecular weight excluding hydrogens is 342 g/mol. The van der Waals surface area contributed by atoms with Crippen LogP contribution in [-0.4, -0.2) is 30.8 Å². The highest BCUT2D eigenvalue weighted by molar-refractivity contribution is 7.71. The Hall–Kier alpha value is -2.31. The van der Waals surface area contributed by atoms with E-state index in [0.717, 1.165) is 29.2 Å². The van der Waals surface area contributed by atoms with Gasteiger partial charge in [-0.1, -0.05) is 37.3 Å². The SMILES string of the molecule is CCN(Cc1ccccc1)Cn1nc(-c2cccnc2)n(C2CC2)c1=S. The molecule has 5 nitrogen and oxygen atoms in total. The van der Waals surface area contributed by atoms with Gasteiger partial charge in [-0.3, -0.25) is 14.5 Å². The Kier molecular flexibility index (Phi) is 4.95. The number of hydrogen-bond donors (Lipinski definition) is 0. The van der Waals surface area contributed by atoms with Gasteiger partial charge in [-0.15, -0.1) is 0 Å². The average Bonchev–Trinajstić information content (AvgIpc) is 3.47. The maximum Gasteiger partial charge on any atom is 0.199 e. The second-order valence-electron chi connectivity index (χ2n) is 6.72. The summed E-state index contributed by atoms with van der Waals surface area (Å²) in [6.45, 7) is 4.69. The second-order valence-corrected chi connectivity index (χ2v) is 7.09. The molecule has 134 valence electrons. The first-order valence-electron chi connectivity index (χ1n) is 9.12. The topological polar surface area (TPSA) is 38.9 Å². The van der Waals surface area contributed by atoms with Crippen LogP contribution in [-0.2, 0) is 13.2 Å². The zero-order chi connectivity index (χ0) is 17.9. The lowest BCUT2D eigenvalue weighted by atomic mass is 10.2. The number of nitrogens with zero attached hydrogens (tertiary/aromatic N) is 5. The number of rotatable bonds is 7. The molecule has 1 saturated carbocycles. The minimum absolute atomic E-state index is 0.482. The smallest absolute Gasteiger partial charge is 0.199 e. The van der Waals surface area contributed by atoms with Gasteiger partial charge in [0, 0.05) is 30.5 Å². The van der Waals surface area contributed by atoms with Crippen LogP contribution in [0.3, 0.4) is 0 Å². The maximum atomic E-state index is 5.78. The summed E-state index contributed by atoms with van der Waals surface area (Å²) < 4.78 is 4.98. The molecule has 6 heteroatoms. The van der Waals surface area contributed by atoms with Gasteiger partial charge in [0.05, 0.1) is 6.67 Å². The van der Waals surface area contributed by atoms with Gasteiger partial charge in [-0.2, -0.15) is 5.10 Å². The van der Waals surface area contributed by atoms with E-state index in [1.165, 1.54) is 18.4 Å². The van der Waals surface area contributed by atoms with E-state index < -0.39 is 0 Å². The fourth-order valence-electron chi connectivity index (χ4n) is 3.16. The molecule has 1 fully saturated rings. The summed E-state index contributed by atoms with van der Waals surface area (Å²) >= 11 is 5.78. The van der Waals surface area contributed by atoms with Gasteiger partial charge < -0.3 is 0 Å². The molecule has 0 bridgehead atoms. The van der Waals surface area contributed by atoms with Crippen LogP contribution >= 0.6 is 12.2 Å². The molecule has 2 aromatic heterocycles. The monoisotopic (exact) mass is 365 g/mol. The number of benzene rings is 1. The molecule has 0 saturated heterocycles. The normalized spacial score (nSPS) is 14.1. The van der Waals surface area contributed by atoms with Crippen molar-refractivity contribution in [3.8, 4) is 11.4 Å². The summed E-state index contributed by atoms with van der Waals surface area (Å²) in [5, 5.41) is 4.86. The summed E-state index contributed by atoms with van der Waals surface area (Å²) in [7, 11) is 0. The zero-order valence-corrected chi connectivity index (χ0v) is 15.8. The molecule has 2 heterocycles. The van der Waals surface area contributed by atoms with Gasteiger partial charge in [0.15, 0.2) is 10.6 Å². The molecular formula is C20H23N5S. The Morgan fingerprint density at radius 3 is 2.62 bits per heavy atom. The summed E-state index contributed by atoms with van der Waals surface area (Å²) in [6.07, 6.45) is 6.00. The number of aromatic nitrogens is 4. The Labute approximate surface area is 158 Å². The van der Waals surface area contributed by atoms with Crippen molar-refractivity contribution in [3.63, 3.8) is 0 Å². The van der Waals surface area contributed by atoms with E-state index in [1.54, 1.807) is 6.20 Å². The first-order chi connectivity index (χ1) is 12.8. The second kappa shape index (κ2) is 7.51. The van der Waals surface area contributed by atoms with Gasteiger partial charge in [-0.05, 0) is 49.3 Å². The fraction of sp³-hybridized carbons (Fsp3) is 0.350. The molecule has 1 aromatic carbocycles. The first-order valence-corrected chi connectivity index (χ1v) is 9.53. The summed E-state index contributed by atoms with van der Waals surface area (Å²) in [5.41, 5.74) is 2.32. The van der Waals surface area contributed by atoms with E-state index in [4.69, 9.17) is 17.3 Å². The minimum atomic E-state index is 0.482. The Morgan fingerprint density at radius 2 is 1.96 bits per heavy atom. The van der Waals surface area contributed by atoms with E-state index in [1.807, 2.05) is 23.0 Å². The van der Waals surface area contributed by atoms with Gasteiger partial charge in [-0.25, -0.2) is 4.68 Å². The summed E-state index contributed by atoms with van der Waals surface area (Å²) in [4.78, 5) is 6.60. The molecule has 0 N–H and O–H groups in total. The average molecular weight is 366 g/mol. The van der Waals surface area contributed by atoms with E-state index >= 15 is 0 Å². The fourth-order valence-corrected chi connectivity index (χ4v) is 3.49. The molecule has 0 spiro atoms. The van der Waals surface area contributed by atoms with Crippen molar-refractivity contribution in [2.24, 2.45) is 0 Å². The summed E-state index contributed by atoms with van der Waals surface area (Å²) in [5.74, 6) is 0.932. The van der Waals surface area contributed by atoms with Crippen molar-refractivity contribution in [2.45, 2.75) is 39.0 Å². The predicted molar refractivity (Wildman–Crippen MR) is 105 cm³/mol. The van der Waals surface area contributed by atoms with Crippen molar-refractivity contribution in [2.75, 3.05) is 6.54 Å². The first kappa shape index (κ1) is 17.1. The number of pyridine rings is 1. The van der Waals surface area contributed by atoms with Crippen LogP contribution in [0, 0.1) is 4.77 Å². The van der Waals surface area contributed by atoms with Crippen LogP contribution in [0.25, 0.3) is 11.4 Å². The van der Waals surface area contributed by atoms with Crippen LogP contribution in [0.5, 0.6) is 0 Å². The van der Waals surface area contributed by atoms with Crippen molar-refractivity contribution in [3.05, 3.63) is 65.2 Å². The molecule has 26 heavy (non-hydrogen) atoms. The van der Waals surface area contributed by atoms with Crippen LogP contribution in [0.2, 0.25) is 0 Å². The lowest BCUT2D eigenvalue weighted by molar-refractivity contribution is 0.207. The summed E-state index contributed by atoms with van der Waals surface area (Å²) in [6, 6.07) is 15.0. The van der Waals surface area contributed by atoms with Crippen molar-refractivity contribution in [1.29, 1.82) is 0 Å². The van der Waals surface area contributed by atoms with Gasteiger partial charge in [0.2, 0.25) is 0 Å². The van der Waals surface area contributed by atoms with E-state index in [9.17, 15) is 0 Å². The molecule has 0 unspecified atom stereocenters. The third-order valence-electron chi connectivity index (χ3n) is 4.73. The van der Waals surface area contributed by atoms with Crippen LogP contribution < -0.4 is 0 Å². The highest BCUT2D eigenvalue weighted by atomic mass is 32.1. The van der Waals surface area contributed by atoms with Crippen LogP contribution in [0.4, 0.5) is 0 Å².